The van der Waals surface area contributed by atoms with E-state index >= 15 is 0 Å². The van der Waals surface area contributed by atoms with Crippen molar-refractivity contribution in [2.75, 3.05) is 0 Å². The van der Waals surface area contributed by atoms with Crippen LogP contribution in [0.5, 0.6) is 11.5 Å². The van der Waals surface area contributed by atoms with Crippen molar-refractivity contribution in [3.63, 3.8) is 0 Å². The molecule has 0 aliphatic heterocycles. The first-order valence-corrected chi connectivity index (χ1v) is 8.49. The van der Waals surface area contributed by atoms with E-state index < -0.39 is 17.2 Å². The molecule has 0 saturated carbocycles. The number of benzene rings is 2. The summed E-state index contributed by atoms with van der Waals surface area (Å²) in [6.45, 7) is 12.6. The predicted molar refractivity (Wildman–Crippen MR) is 102 cm³/mol. The maximum Gasteiger partial charge on any atom is 0.338 e. The molecule has 0 amide bonds. The molecule has 4 nitrogen and oxygen atoms in total. The van der Waals surface area contributed by atoms with Gasteiger partial charge in [0.2, 0.25) is 0 Å². The number of carbonyl (C=O) groups excluding carboxylic acids is 1. The number of hydrogen-bond donors (Lipinski definition) is 1. The van der Waals surface area contributed by atoms with Gasteiger partial charge < -0.3 is 14.6 Å². The predicted octanol–water partition coefficient (Wildman–Crippen LogP) is 4.71. The van der Waals surface area contributed by atoms with Crippen LogP contribution in [0, 0.1) is 0 Å². The fourth-order valence-electron chi connectivity index (χ4n) is 2.40. The van der Waals surface area contributed by atoms with Gasteiger partial charge in [-0.2, -0.15) is 0 Å². The van der Waals surface area contributed by atoms with Crippen LogP contribution in [0.15, 0.2) is 60.7 Å². The van der Waals surface area contributed by atoms with Crippen molar-refractivity contribution in [1.29, 1.82) is 0 Å². The summed E-state index contributed by atoms with van der Waals surface area (Å²) in [7, 11) is 0. The number of ether oxygens (including phenoxy) is 2. The lowest BCUT2D eigenvalue weighted by Crippen LogP contribution is -2.26. The van der Waals surface area contributed by atoms with Crippen molar-refractivity contribution in [1.82, 2.24) is 0 Å². The lowest BCUT2D eigenvalue weighted by Gasteiger charge is -2.29. The minimum atomic E-state index is -0.916. The Morgan fingerprint density at radius 3 is 2.04 bits per heavy atom. The fourth-order valence-corrected chi connectivity index (χ4v) is 2.40. The summed E-state index contributed by atoms with van der Waals surface area (Å²) in [4.78, 5) is 11.6. The Hall–Kier alpha value is -2.59. The molecule has 0 radical (unpaired) electrons. The van der Waals surface area contributed by atoms with Gasteiger partial charge in [-0.3, -0.25) is 0 Å². The summed E-state index contributed by atoms with van der Waals surface area (Å²) in [5.41, 5.74) is 0.611. The summed E-state index contributed by atoms with van der Waals surface area (Å²) < 4.78 is 11.3. The van der Waals surface area contributed by atoms with Crippen LogP contribution in [0.3, 0.4) is 0 Å². The van der Waals surface area contributed by atoms with Crippen molar-refractivity contribution in [3.8, 4) is 11.5 Å². The van der Waals surface area contributed by atoms with Crippen LogP contribution in [-0.4, -0.2) is 11.1 Å². The highest BCUT2D eigenvalue weighted by molar-refractivity contribution is 5.88. The Bertz CT molecular complexity index is 796. The molecule has 1 N–H and O–H groups in total. The molecule has 0 saturated heterocycles. The van der Waals surface area contributed by atoms with Crippen LogP contribution in [0.2, 0.25) is 0 Å². The highest BCUT2D eigenvalue weighted by Crippen LogP contribution is 2.31. The van der Waals surface area contributed by atoms with Crippen molar-refractivity contribution >= 4 is 5.97 Å². The quantitative estimate of drug-likeness (QED) is 0.464. The van der Waals surface area contributed by atoms with Gasteiger partial charge in [0.15, 0.2) is 0 Å². The van der Waals surface area contributed by atoms with Gasteiger partial charge in [-0.05, 0) is 76.1 Å². The third-order valence-electron chi connectivity index (χ3n) is 4.02. The molecule has 0 heterocycles. The molecular weight excluding hydrogens is 328 g/mol. The van der Waals surface area contributed by atoms with Crippen molar-refractivity contribution in [2.24, 2.45) is 0 Å². The summed E-state index contributed by atoms with van der Waals surface area (Å²) in [5, 5.41) is 10.2. The van der Waals surface area contributed by atoms with E-state index in [0.717, 1.165) is 11.1 Å². The smallest absolute Gasteiger partial charge is 0.338 e. The van der Waals surface area contributed by atoms with Gasteiger partial charge in [-0.25, -0.2) is 4.79 Å². The van der Waals surface area contributed by atoms with E-state index in [1.807, 2.05) is 38.1 Å². The molecule has 2 aromatic rings. The Morgan fingerprint density at radius 2 is 1.50 bits per heavy atom. The third kappa shape index (κ3) is 4.96. The van der Waals surface area contributed by atoms with Crippen LogP contribution >= 0.6 is 0 Å². The molecule has 138 valence electrons. The fraction of sp³-hybridized carbons (Fsp3) is 0.318. The van der Waals surface area contributed by atoms with E-state index in [1.165, 1.54) is 0 Å². The van der Waals surface area contributed by atoms with Crippen molar-refractivity contribution < 1.29 is 19.4 Å². The third-order valence-corrected chi connectivity index (χ3v) is 4.02. The van der Waals surface area contributed by atoms with Crippen LogP contribution in [0.1, 0.15) is 45.7 Å². The molecule has 2 aromatic carbocycles. The summed E-state index contributed by atoms with van der Waals surface area (Å²) in [6.07, 6.45) is 0. The molecule has 0 aliphatic rings. The van der Waals surface area contributed by atoms with Crippen LogP contribution in [0.25, 0.3) is 0 Å². The monoisotopic (exact) mass is 354 g/mol. The van der Waals surface area contributed by atoms with Crippen molar-refractivity contribution in [3.05, 3.63) is 71.8 Å². The number of esters is 1. The van der Waals surface area contributed by atoms with Gasteiger partial charge in [0.25, 0.3) is 0 Å². The highest BCUT2D eigenvalue weighted by Gasteiger charge is 2.25. The van der Waals surface area contributed by atoms with Crippen LogP contribution in [-0.2, 0) is 16.0 Å². The first-order chi connectivity index (χ1) is 12.0. The average Bonchev–Trinajstić information content (AvgIpc) is 2.55. The van der Waals surface area contributed by atoms with Gasteiger partial charge in [0.05, 0.1) is 5.60 Å². The zero-order valence-electron chi connectivity index (χ0n) is 16.0. The lowest BCUT2D eigenvalue weighted by molar-refractivity contribution is -0.130. The zero-order chi connectivity index (χ0) is 19.5. The van der Waals surface area contributed by atoms with Crippen LogP contribution in [0.4, 0.5) is 0 Å². The SMILES string of the molecule is C=C(C)C(=O)Oc1ccc(OC(C)(C)c2cccc(C(C)(C)O)c2)cc1. The summed E-state index contributed by atoms with van der Waals surface area (Å²) in [6, 6.07) is 14.6. The topological polar surface area (TPSA) is 55.8 Å². The van der Waals surface area contributed by atoms with E-state index in [9.17, 15) is 9.90 Å². The van der Waals surface area contributed by atoms with E-state index in [0.29, 0.717) is 17.1 Å². The molecular formula is C22H26O4. The Labute approximate surface area is 155 Å². The first kappa shape index (κ1) is 19.7. The highest BCUT2D eigenvalue weighted by atomic mass is 16.5. The van der Waals surface area contributed by atoms with E-state index in [2.05, 4.69) is 6.58 Å². The second-order valence-electron chi connectivity index (χ2n) is 7.39. The van der Waals surface area contributed by atoms with Gasteiger partial charge >= 0.3 is 5.97 Å². The van der Waals surface area contributed by atoms with Gasteiger partial charge in [-0.15, -0.1) is 0 Å². The normalized spacial score (nSPS) is 11.8. The minimum absolute atomic E-state index is 0.346. The first-order valence-electron chi connectivity index (χ1n) is 8.49. The minimum Gasteiger partial charge on any atom is -0.483 e. The molecule has 0 fully saturated rings. The maximum atomic E-state index is 11.6. The molecule has 0 spiro atoms. The van der Waals surface area contributed by atoms with E-state index in [-0.39, 0.29) is 0 Å². The summed E-state index contributed by atoms with van der Waals surface area (Å²) in [5.74, 6) is 0.633. The average molecular weight is 354 g/mol. The summed E-state index contributed by atoms with van der Waals surface area (Å²) >= 11 is 0. The van der Waals surface area contributed by atoms with Gasteiger partial charge in [0.1, 0.15) is 17.1 Å². The van der Waals surface area contributed by atoms with Gasteiger partial charge in [-0.1, -0.05) is 24.8 Å². The maximum absolute atomic E-state index is 11.6. The zero-order valence-corrected chi connectivity index (χ0v) is 16.0. The van der Waals surface area contributed by atoms with E-state index in [1.54, 1.807) is 45.0 Å². The number of hydrogen-bond acceptors (Lipinski definition) is 4. The Kier molecular flexibility index (Phi) is 5.57. The Morgan fingerprint density at radius 1 is 0.962 bits per heavy atom. The molecule has 0 atom stereocenters. The number of rotatable bonds is 6. The molecule has 0 unspecified atom stereocenters. The molecule has 0 aliphatic carbocycles. The van der Waals surface area contributed by atoms with Gasteiger partial charge in [0, 0.05) is 5.57 Å². The van der Waals surface area contributed by atoms with E-state index in [4.69, 9.17) is 9.47 Å². The number of carbonyl (C=O) groups is 1. The second kappa shape index (κ2) is 7.34. The largest absolute Gasteiger partial charge is 0.483 e. The lowest BCUT2D eigenvalue weighted by atomic mass is 9.91. The van der Waals surface area contributed by atoms with Crippen LogP contribution < -0.4 is 9.47 Å². The molecule has 0 aromatic heterocycles. The molecule has 0 bridgehead atoms. The Balaban J connectivity index is 2.16. The second-order valence-corrected chi connectivity index (χ2v) is 7.39. The molecule has 26 heavy (non-hydrogen) atoms. The van der Waals surface area contributed by atoms with Crippen molar-refractivity contribution in [2.45, 2.75) is 45.8 Å². The standard InChI is InChI=1S/C22H26O4/c1-15(2)20(23)25-18-10-12-19(13-11-18)26-22(5,6)17-9-7-8-16(14-17)21(3,4)24/h7-14,24H,1H2,2-6H3. The molecule has 4 heteroatoms. The number of aliphatic hydroxyl groups is 1. The molecule has 2 rings (SSSR count).